The molecule has 3 rings (SSSR count). The standard InChI is InChI=1S/C17H19N3O3S/c1-12-9-14(6-8-17(12)23-4)24(21,22)20(3)13-5-7-16-15(10-13)18-11-19(16)2/h5-11H,1-4H3. The van der Waals surface area contributed by atoms with Crippen LogP contribution in [0.3, 0.4) is 0 Å². The fourth-order valence-corrected chi connectivity index (χ4v) is 3.90. The predicted octanol–water partition coefficient (Wildman–Crippen LogP) is 2.72. The summed E-state index contributed by atoms with van der Waals surface area (Å²) < 4.78 is 34.1. The summed E-state index contributed by atoms with van der Waals surface area (Å²) in [4.78, 5) is 4.50. The van der Waals surface area contributed by atoms with E-state index in [-0.39, 0.29) is 4.90 Å². The summed E-state index contributed by atoms with van der Waals surface area (Å²) in [5.41, 5.74) is 3.04. The summed E-state index contributed by atoms with van der Waals surface area (Å²) in [5.74, 6) is 0.659. The van der Waals surface area contributed by atoms with Crippen molar-refractivity contribution in [1.29, 1.82) is 0 Å². The smallest absolute Gasteiger partial charge is 0.264 e. The average molecular weight is 345 g/mol. The molecule has 0 saturated carbocycles. The molecule has 24 heavy (non-hydrogen) atoms. The van der Waals surface area contributed by atoms with Crippen molar-refractivity contribution in [3.05, 3.63) is 48.3 Å². The molecular formula is C17H19N3O3S. The van der Waals surface area contributed by atoms with Crippen LogP contribution < -0.4 is 9.04 Å². The van der Waals surface area contributed by atoms with Gasteiger partial charge >= 0.3 is 0 Å². The molecule has 0 N–H and O–H groups in total. The number of methoxy groups -OCH3 is 1. The average Bonchev–Trinajstić information content (AvgIpc) is 2.94. The molecule has 2 aromatic carbocycles. The molecule has 0 aliphatic heterocycles. The molecule has 0 amide bonds. The highest BCUT2D eigenvalue weighted by molar-refractivity contribution is 7.92. The summed E-state index contributed by atoms with van der Waals surface area (Å²) in [6.07, 6.45) is 1.70. The zero-order chi connectivity index (χ0) is 17.5. The third kappa shape index (κ3) is 2.60. The minimum absolute atomic E-state index is 0.226. The minimum atomic E-state index is -3.66. The number of hydrogen-bond acceptors (Lipinski definition) is 4. The molecular weight excluding hydrogens is 326 g/mol. The Bertz CT molecular complexity index is 1010. The number of sulfonamides is 1. The quantitative estimate of drug-likeness (QED) is 0.729. The lowest BCUT2D eigenvalue weighted by molar-refractivity contribution is 0.411. The number of benzene rings is 2. The summed E-state index contributed by atoms with van der Waals surface area (Å²) >= 11 is 0. The molecule has 6 nitrogen and oxygen atoms in total. The van der Waals surface area contributed by atoms with Crippen molar-refractivity contribution in [3.8, 4) is 5.75 Å². The molecule has 0 spiro atoms. The fourth-order valence-electron chi connectivity index (χ4n) is 2.63. The number of imidazole rings is 1. The second-order valence-corrected chi connectivity index (χ2v) is 7.60. The maximum absolute atomic E-state index is 12.9. The maximum atomic E-state index is 12.9. The molecule has 0 fully saturated rings. The molecule has 7 heteroatoms. The largest absolute Gasteiger partial charge is 0.496 e. The van der Waals surface area contributed by atoms with E-state index in [0.29, 0.717) is 11.4 Å². The summed E-state index contributed by atoms with van der Waals surface area (Å²) in [6.45, 7) is 1.82. The Labute approximate surface area is 141 Å². The highest BCUT2D eigenvalue weighted by Gasteiger charge is 2.22. The number of rotatable bonds is 4. The van der Waals surface area contributed by atoms with Crippen molar-refractivity contribution in [2.45, 2.75) is 11.8 Å². The fraction of sp³-hybridized carbons (Fsp3) is 0.235. The van der Waals surface area contributed by atoms with Crippen molar-refractivity contribution in [1.82, 2.24) is 9.55 Å². The molecule has 0 aliphatic carbocycles. The highest BCUT2D eigenvalue weighted by Crippen LogP contribution is 2.27. The van der Waals surface area contributed by atoms with Crippen molar-refractivity contribution in [3.63, 3.8) is 0 Å². The minimum Gasteiger partial charge on any atom is -0.496 e. The third-order valence-electron chi connectivity index (χ3n) is 4.10. The Morgan fingerprint density at radius 3 is 2.58 bits per heavy atom. The van der Waals surface area contributed by atoms with Gasteiger partial charge in [-0.2, -0.15) is 0 Å². The molecule has 0 aliphatic rings. The second-order valence-electron chi connectivity index (χ2n) is 5.63. The highest BCUT2D eigenvalue weighted by atomic mass is 32.2. The lowest BCUT2D eigenvalue weighted by Gasteiger charge is -2.20. The predicted molar refractivity (Wildman–Crippen MR) is 94.0 cm³/mol. The van der Waals surface area contributed by atoms with Crippen LogP contribution in [-0.4, -0.2) is 32.1 Å². The van der Waals surface area contributed by atoms with E-state index in [9.17, 15) is 8.42 Å². The summed E-state index contributed by atoms with van der Waals surface area (Å²) in [5, 5.41) is 0. The van der Waals surface area contributed by atoms with Crippen LogP contribution in [0.5, 0.6) is 5.75 Å². The van der Waals surface area contributed by atoms with E-state index >= 15 is 0 Å². The monoisotopic (exact) mass is 345 g/mol. The van der Waals surface area contributed by atoms with Crippen LogP contribution in [-0.2, 0) is 17.1 Å². The zero-order valence-corrected chi connectivity index (χ0v) is 14.8. The van der Waals surface area contributed by atoms with E-state index in [1.807, 2.05) is 24.6 Å². The summed E-state index contributed by atoms with van der Waals surface area (Å²) in [7, 11) is 1.34. The van der Waals surface area contributed by atoms with Crippen molar-refractivity contribution >= 4 is 26.7 Å². The molecule has 0 radical (unpaired) electrons. The van der Waals surface area contributed by atoms with Gasteiger partial charge in [-0.1, -0.05) is 0 Å². The van der Waals surface area contributed by atoms with Crippen LogP contribution >= 0.6 is 0 Å². The van der Waals surface area contributed by atoms with Gasteiger partial charge in [-0.05, 0) is 48.9 Å². The first-order chi connectivity index (χ1) is 11.3. The van der Waals surface area contributed by atoms with E-state index in [4.69, 9.17) is 4.74 Å². The van der Waals surface area contributed by atoms with Crippen molar-refractivity contribution in [2.75, 3.05) is 18.5 Å². The molecule has 126 valence electrons. The van der Waals surface area contributed by atoms with Crippen LogP contribution in [0.25, 0.3) is 11.0 Å². The second kappa shape index (κ2) is 5.83. The lowest BCUT2D eigenvalue weighted by atomic mass is 10.2. The Morgan fingerprint density at radius 2 is 1.92 bits per heavy atom. The molecule has 3 aromatic rings. The van der Waals surface area contributed by atoms with E-state index in [0.717, 1.165) is 16.6 Å². The normalized spacial score (nSPS) is 11.7. The van der Waals surface area contributed by atoms with E-state index in [1.54, 1.807) is 50.8 Å². The Hall–Kier alpha value is -2.54. The number of hydrogen-bond donors (Lipinski definition) is 0. The van der Waals surface area contributed by atoms with E-state index in [1.165, 1.54) is 4.31 Å². The van der Waals surface area contributed by atoms with Gasteiger partial charge in [-0.15, -0.1) is 0 Å². The number of nitrogens with zero attached hydrogens (tertiary/aromatic N) is 3. The van der Waals surface area contributed by atoms with Crippen molar-refractivity contribution in [2.24, 2.45) is 7.05 Å². The first-order valence-corrected chi connectivity index (χ1v) is 8.83. The maximum Gasteiger partial charge on any atom is 0.264 e. The number of aryl methyl sites for hydroxylation is 2. The van der Waals surface area contributed by atoms with Gasteiger partial charge in [0.2, 0.25) is 0 Å². The molecule has 0 atom stereocenters. The first-order valence-electron chi connectivity index (χ1n) is 7.39. The van der Waals surface area contributed by atoms with Gasteiger partial charge < -0.3 is 9.30 Å². The van der Waals surface area contributed by atoms with Gasteiger partial charge in [0.25, 0.3) is 10.0 Å². The van der Waals surface area contributed by atoms with Crippen LogP contribution in [0.1, 0.15) is 5.56 Å². The van der Waals surface area contributed by atoms with Crippen LogP contribution in [0.4, 0.5) is 5.69 Å². The topological polar surface area (TPSA) is 64.4 Å². The van der Waals surface area contributed by atoms with Gasteiger partial charge in [-0.25, -0.2) is 13.4 Å². The van der Waals surface area contributed by atoms with Gasteiger partial charge in [0, 0.05) is 14.1 Å². The molecule has 0 unspecified atom stereocenters. The number of ether oxygens (including phenoxy) is 1. The van der Waals surface area contributed by atoms with Crippen LogP contribution in [0, 0.1) is 6.92 Å². The van der Waals surface area contributed by atoms with E-state index in [2.05, 4.69) is 4.98 Å². The van der Waals surface area contributed by atoms with Crippen molar-refractivity contribution < 1.29 is 13.2 Å². The number of anilines is 1. The first kappa shape index (κ1) is 16.3. The number of aromatic nitrogens is 2. The lowest BCUT2D eigenvalue weighted by Crippen LogP contribution is -2.26. The van der Waals surface area contributed by atoms with E-state index < -0.39 is 10.0 Å². The summed E-state index contributed by atoms with van der Waals surface area (Å²) in [6, 6.07) is 10.2. The van der Waals surface area contributed by atoms with Gasteiger partial charge in [0.05, 0.1) is 35.1 Å². The Kier molecular flexibility index (Phi) is 3.96. The van der Waals surface area contributed by atoms with Gasteiger partial charge in [0.15, 0.2) is 0 Å². The zero-order valence-electron chi connectivity index (χ0n) is 14.0. The third-order valence-corrected chi connectivity index (χ3v) is 5.88. The van der Waals surface area contributed by atoms with Crippen LogP contribution in [0.15, 0.2) is 47.6 Å². The van der Waals surface area contributed by atoms with Gasteiger partial charge in [0.1, 0.15) is 5.75 Å². The van der Waals surface area contributed by atoms with Crippen LogP contribution in [0.2, 0.25) is 0 Å². The Morgan fingerprint density at radius 1 is 1.17 bits per heavy atom. The molecule has 0 saturated heterocycles. The van der Waals surface area contributed by atoms with Gasteiger partial charge in [-0.3, -0.25) is 4.31 Å². The number of fused-ring (bicyclic) bond motifs is 1. The molecule has 1 aromatic heterocycles. The molecule has 0 bridgehead atoms. The SMILES string of the molecule is COc1ccc(S(=O)(=O)N(C)c2ccc3c(c2)ncn3C)cc1C. The molecule has 1 heterocycles. The Balaban J connectivity index is 2.02.